The molecule has 3 rings (SSSR count). The van der Waals surface area contributed by atoms with Crippen LogP contribution < -0.4 is 16.0 Å². The number of nitrogens with one attached hydrogen (secondary N) is 3. The zero-order valence-electron chi connectivity index (χ0n) is 24.9. The Labute approximate surface area is 234 Å². The van der Waals surface area contributed by atoms with E-state index in [1.807, 2.05) is 13.8 Å². The summed E-state index contributed by atoms with van der Waals surface area (Å²) in [4.78, 5) is 38.5. The molecular weight excluding hydrogens is 498 g/mol. The van der Waals surface area contributed by atoms with Gasteiger partial charge in [0.1, 0.15) is 6.10 Å². The standard InChI is InChI=1S/C30H53N3O6/c1-6-7-8-9-10-16-30(17-11-12-18-30)33-27(37)32-22-15-13-14-21(22)23(19-24(34)35)31-26(36)25-28(2,3)20-38-29(4,5)39-25/h21-23,25H,6-20H2,1-5H3,(H,31,36)(H,34,35)(H2,32,33,37). The van der Waals surface area contributed by atoms with Crippen molar-refractivity contribution in [1.29, 1.82) is 0 Å². The van der Waals surface area contributed by atoms with Crippen LogP contribution in [0.2, 0.25) is 0 Å². The summed E-state index contributed by atoms with van der Waals surface area (Å²) in [6.45, 7) is 9.94. The maximum Gasteiger partial charge on any atom is 0.315 e. The van der Waals surface area contributed by atoms with Gasteiger partial charge in [-0.15, -0.1) is 0 Å². The molecule has 3 fully saturated rings. The molecule has 224 valence electrons. The third kappa shape index (κ3) is 9.07. The number of unbranched alkanes of at least 4 members (excludes halogenated alkanes) is 4. The molecule has 9 heteroatoms. The number of carbonyl (C=O) groups is 3. The lowest BCUT2D eigenvalue weighted by Crippen LogP contribution is -2.60. The minimum atomic E-state index is -0.976. The normalized spacial score (nSPS) is 28.0. The first kappa shape index (κ1) is 31.7. The molecule has 0 aromatic heterocycles. The van der Waals surface area contributed by atoms with Gasteiger partial charge >= 0.3 is 12.0 Å². The summed E-state index contributed by atoms with van der Waals surface area (Å²) in [7, 11) is 0. The minimum absolute atomic E-state index is 0.141. The van der Waals surface area contributed by atoms with Crippen molar-refractivity contribution in [3.05, 3.63) is 0 Å². The summed E-state index contributed by atoms with van der Waals surface area (Å²) >= 11 is 0. The Kier molecular flexibility index (Phi) is 11.1. The van der Waals surface area contributed by atoms with E-state index in [2.05, 4.69) is 22.9 Å². The van der Waals surface area contributed by atoms with Crippen LogP contribution >= 0.6 is 0 Å². The number of aliphatic carboxylic acids is 1. The van der Waals surface area contributed by atoms with Crippen molar-refractivity contribution < 1.29 is 29.0 Å². The average molecular weight is 552 g/mol. The van der Waals surface area contributed by atoms with Crippen molar-refractivity contribution in [2.45, 2.75) is 154 Å². The van der Waals surface area contributed by atoms with Crippen LogP contribution in [0.25, 0.3) is 0 Å². The Morgan fingerprint density at radius 3 is 2.33 bits per heavy atom. The van der Waals surface area contributed by atoms with Crippen LogP contribution in [0.5, 0.6) is 0 Å². The van der Waals surface area contributed by atoms with Gasteiger partial charge in [-0.05, 0) is 46.0 Å². The fourth-order valence-corrected chi connectivity index (χ4v) is 6.73. The minimum Gasteiger partial charge on any atom is -0.481 e. The van der Waals surface area contributed by atoms with Gasteiger partial charge in [0.2, 0.25) is 5.91 Å². The van der Waals surface area contributed by atoms with Crippen molar-refractivity contribution >= 4 is 17.9 Å². The van der Waals surface area contributed by atoms with Gasteiger partial charge < -0.3 is 30.5 Å². The molecule has 0 radical (unpaired) electrons. The predicted molar refractivity (Wildman–Crippen MR) is 150 cm³/mol. The highest BCUT2D eigenvalue weighted by Gasteiger charge is 2.47. The van der Waals surface area contributed by atoms with Gasteiger partial charge in [0.05, 0.1) is 13.0 Å². The number of rotatable bonds is 13. The third-order valence-electron chi connectivity index (χ3n) is 8.96. The molecule has 1 heterocycles. The van der Waals surface area contributed by atoms with Crippen molar-refractivity contribution in [2.75, 3.05) is 6.61 Å². The molecule has 4 atom stereocenters. The molecule has 0 spiro atoms. The van der Waals surface area contributed by atoms with Crippen molar-refractivity contribution in [3.8, 4) is 0 Å². The van der Waals surface area contributed by atoms with Gasteiger partial charge in [-0.2, -0.15) is 0 Å². The Bertz CT molecular complexity index is 839. The summed E-state index contributed by atoms with van der Waals surface area (Å²) in [5.41, 5.74) is -0.704. The van der Waals surface area contributed by atoms with E-state index in [1.54, 1.807) is 13.8 Å². The van der Waals surface area contributed by atoms with Crippen molar-refractivity contribution in [3.63, 3.8) is 0 Å². The second-order valence-corrected chi connectivity index (χ2v) is 13.3. The van der Waals surface area contributed by atoms with E-state index in [-0.39, 0.29) is 35.9 Å². The first-order chi connectivity index (χ1) is 18.4. The van der Waals surface area contributed by atoms with E-state index in [1.165, 1.54) is 25.7 Å². The van der Waals surface area contributed by atoms with E-state index in [9.17, 15) is 19.5 Å². The SMILES string of the molecule is CCCCCCCC1(NC(=O)NC2CCCC2C(CC(=O)O)NC(=O)C2OC(C)(C)OCC2(C)C)CCCC1. The van der Waals surface area contributed by atoms with Gasteiger partial charge in [-0.1, -0.05) is 72.1 Å². The van der Waals surface area contributed by atoms with E-state index < -0.39 is 29.3 Å². The number of hydrogen-bond donors (Lipinski definition) is 4. The maximum atomic E-state index is 13.4. The molecule has 2 saturated carbocycles. The van der Waals surface area contributed by atoms with Gasteiger partial charge in [-0.3, -0.25) is 9.59 Å². The van der Waals surface area contributed by atoms with Gasteiger partial charge in [0.15, 0.2) is 5.79 Å². The van der Waals surface area contributed by atoms with E-state index in [4.69, 9.17) is 9.47 Å². The van der Waals surface area contributed by atoms with Gasteiger partial charge in [0, 0.05) is 29.0 Å². The molecule has 0 aromatic carbocycles. The van der Waals surface area contributed by atoms with E-state index in [0.29, 0.717) is 6.61 Å². The highest BCUT2D eigenvalue weighted by molar-refractivity contribution is 5.83. The molecule has 1 saturated heterocycles. The molecule has 1 aliphatic heterocycles. The summed E-state index contributed by atoms with van der Waals surface area (Å²) in [5, 5.41) is 19.2. The Morgan fingerprint density at radius 1 is 0.974 bits per heavy atom. The number of carbonyl (C=O) groups excluding carboxylic acids is 2. The monoisotopic (exact) mass is 551 g/mol. The van der Waals surface area contributed by atoms with Crippen molar-refractivity contribution in [2.24, 2.45) is 11.3 Å². The summed E-state index contributed by atoms with van der Waals surface area (Å²) in [6, 6.07) is -0.969. The van der Waals surface area contributed by atoms with E-state index in [0.717, 1.165) is 57.8 Å². The number of amides is 3. The average Bonchev–Trinajstić information content (AvgIpc) is 3.50. The molecule has 3 aliphatic rings. The lowest BCUT2D eigenvalue weighted by Gasteiger charge is -2.45. The second kappa shape index (κ2) is 13.7. The highest BCUT2D eigenvalue weighted by Crippen LogP contribution is 2.37. The highest BCUT2D eigenvalue weighted by atomic mass is 16.7. The molecule has 0 aromatic rings. The fraction of sp³-hybridized carbons (Fsp3) is 0.900. The first-order valence-corrected chi connectivity index (χ1v) is 15.3. The number of ether oxygens (including phenoxy) is 2. The quantitative estimate of drug-likeness (QED) is 0.231. The molecule has 4 unspecified atom stereocenters. The van der Waals surface area contributed by atoms with Crippen molar-refractivity contribution in [1.82, 2.24) is 16.0 Å². The van der Waals surface area contributed by atoms with Crippen LogP contribution in [-0.2, 0) is 19.1 Å². The Balaban J connectivity index is 1.63. The van der Waals surface area contributed by atoms with Crippen LogP contribution in [0.15, 0.2) is 0 Å². The number of urea groups is 1. The van der Waals surface area contributed by atoms with Gasteiger partial charge in [0.25, 0.3) is 0 Å². The Morgan fingerprint density at radius 2 is 1.67 bits per heavy atom. The van der Waals surface area contributed by atoms with Crippen LogP contribution in [0, 0.1) is 11.3 Å². The van der Waals surface area contributed by atoms with Crippen LogP contribution in [0.1, 0.15) is 125 Å². The molecular formula is C30H53N3O6. The zero-order valence-corrected chi connectivity index (χ0v) is 24.9. The van der Waals surface area contributed by atoms with E-state index >= 15 is 0 Å². The van der Waals surface area contributed by atoms with Crippen LogP contribution in [0.4, 0.5) is 4.79 Å². The van der Waals surface area contributed by atoms with Gasteiger partial charge in [-0.25, -0.2) is 4.79 Å². The lowest BCUT2D eigenvalue weighted by molar-refractivity contribution is -0.304. The smallest absolute Gasteiger partial charge is 0.315 e. The topological polar surface area (TPSA) is 126 Å². The molecule has 4 N–H and O–H groups in total. The van der Waals surface area contributed by atoms with Crippen LogP contribution in [0.3, 0.4) is 0 Å². The molecule has 9 nitrogen and oxygen atoms in total. The summed E-state index contributed by atoms with van der Waals surface area (Å²) in [6.07, 6.45) is 12.7. The molecule has 39 heavy (non-hydrogen) atoms. The molecule has 3 amide bonds. The largest absolute Gasteiger partial charge is 0.481 e. The third-order valence-corrected chi connectivity index (χ3v) is 8.96. The summed E-state index contributed by atoms with van der Waals surface area (Å²) < 4.78 is 11.7. The second-order valence-electron chi connectivity index (χ2n) is 13.3. The lowest BCUT2D eigenvalue weighted by atomic mass is 9.84. The van der Waals surface area contributed by atoms with Crippen LogP contribution in [-0.4, -0.2) is 59.1 Å². The zero-order chi connectivity index (χ0) is 28.7. The predicted octanol–water partition coefficient (Wildman–Crippen LogP) is 5.26. The number of hydrogen-bond acceptors (Lipinski definition) is 5. The molecule has 0 bridgehead atoms. The number of carboxylic acids is 1. The fourth-order valence-electron chi connectivity index (χ4n) is 6.73. The summed E-state index contributed by atoms with van der Waals surface area (Å²) in [5.74, 6) is -2.37. The Hall–Kier alpha value is -1.87. The number of carboxylic acid groups (broad SMARTS) is 1. The maximum absolute atomic E-state index is 13.4. The molecule has 2 aliphatic carbocycles. The first-order valence-electron chi connectivity index (χ1n) is 15.3.